The zero-order valence-electron chi connectivity index (χ0n) is 19.7. The van der Waals surface area contributed by atoms with Crippen molar-refractivity contribution in [2.75, 3.05) is 19.5 Å². The maximum atomic E-state index is 13.2. The summed E-state index contributed by atoms with van der Waals surface area (Å²) in [7, 11) is 1.71. The van der Waals surface area contributed by atoms with Gasteiger partial charge in [-0.25, -0.2) is 4.98 Å². The van der Waals surface area contributed by atoms with Gasteiger partial charge in [0.25, 0.3) is 0 Å². The van der Waals surface area contributed by atoms with Crippen molar-refractivity contribution in [3.63, 3.8) is 0 Å². The van der Waals surface area contributed by atoms with Gasteiger partial charge in [0.15, 0.2) is 10.9 Å². The van der Waals surface area contributed by atoms with Crippen molar-refractivity contribution in [3.8, 4) is 0 Å². The van der Waals surface area contributed by atoms with Gasteiger partial charge in [0, 0.05) is 30.6 Å². The average Bonchev–Trinajstić information content (AvgIpc) is 3.33. The van der Waals surface area contributed by atoms with Crippen molar-refractivity contribution in [2.24, 2.45) is 0 Å². The number of carbonyl (C=O) groups is 1. The predicted molar refractivity (Wildman–Crippen MR) is 135 cm³/mol. The van der Waals surface area contributed by atoms with E-state index >= 15 is 0 Å². The Labute approximate surface area is 199 Å². The number of nitrogens with zero attached hydrogens (tertiary/aromatic N) is 3. The van der Waals surface area contributed by atoms with Crippen LogP contribution in [0.2, 0.25) is 0 Å². The van der Waals surface area contributed by atoms with Gasteiger partial charge in [0.1, 0.15) is 0 Å². The number of aryl methyl sites for hydroxylation is 3. The number of methoxy groups -OCH3 is 1. The molecule has 1 unspecified atom stereocenters. The molecular formula is C27H31N3O2S. The number of imidazole rings is 1. The first-order valence-corrected chi connectivity index (χ1v) is 12.3. The third kappa shape index (κ3) is 5.07. The van der Waals surface area contributed by atoms with Crippen molar-refractivity contribution in [3.05, 3.63) is 83.2 Å². The van der Waals surface area contributed by atoms with Crippen LogP contribution in [-0.4, -0.2) is 39.4 Å². The third-order valence-electron chi connectivity index (χ3n) is 6.05. The van der Waals surface area contributed by atoms with Crippen molar-refractivity contribution in [1.29, 1.82) is 0 Å². The number of ketones is 1. The molecule has 4 aromatic rings. The number of Topliss-reactive ketones (excluding diaryl/α,β-unsaturated/α-hetero) is 1. The van der Waals surface area contributed by atoms with Crippen LogP contribution in [0, 0.1) is 13.8 Å². The van der Waals surface area contributed by atoms with E-state index in [1.54, 1.807) is 7.11 Å². The standard InChI is InChI=1S/C27H31N3O2S/c1-19-16-23(21(3)30(19)20(2)17-32-4)26(31)18-33-27-28-24-12-8-9-13-25(24)29(27)15-14-22-10-6-5-7-11-22/h5-13,16,20H,14-15,17-18H2,1-4H3. The van der Waals surface area contributed by atoms with Crippen molar-refractivity contribution in [2.45, 2.75) is 44.9 Å². The predicted octanol–water partition coefficient (Wildman–Crippen LogP) is 5.88. The van der Waals surface area contributed by atoms with Gasteiger partial charge in [0.2, 0.25) is 0 Å². The summed E-state index contributed by atoms with van der Waals surface area (Å²) in [5.74, 6) is 0.489. The Kier molecular flexibility index (Phi) is 7.36. The average molecular weight is 462 g/mol. The normalized spacial score (nSPS) is 12.4. The van der Waals surface area contributed by atoms with Gasteiger partial charge in [-0.15, -0.1) is 0 Å². The summed E-state index contributed by atoms with van der Waals surface area (Å²) >= 11 is 1.52. The second kappa shape index (κ2) is 10.4. The molecule has 0 N–H and O–H groups in total. The first-order valence-electron chi connectivity index (χ1n) is 11.3. The van der Waals surface area contributed by atoms with E-state index in [-0.39, 0.29) is 11.8 Å². The lowest BCUT2D eigenvalue weighted by Gasteiger charge is -2.17. The number of rotatable bonds is 10. The Morgan fingerprint density at radius 2 is 1.82 bits per heavy atom. The molecule has 2 aromatic heterocycles. The summed E-state index contributed by atoms with van der Waals surface area (Å²) in [5.41, 5.74) is 6.23. The second-order valence-electron chi connectivity index (χ2n) is 8.44. The highest BCUT2D eigenvalue weighted by molar-refractivity contribution is 7.99. The number of carbonyl (C=O) groups excluding carboxylic acids is 1. The summed E-state index contributed by atoms with van der Waals surface area (Å²) in [4.78, 5) is 18.0. The summed E-state index contributed by atoms with van der Waals surface area (Å²) in [5, 5.41) is 0.891. The number of benzene rings is 2. The lowest BCUT2D eigenvalue weighted by atomic mass is 10.1. The monoisotopic (exact) mass is 461 g/mol. The SMILES string of the molecule is COCC(C)n1c(C)cc(C(=O)CSc2nc3ccccc3n2CCc2ccccc2)c1C. The molecule has 5 nitrogen and oxygen atoms in total. The summed E-state index contributed by atoms with van der Waals surface area (Å²) in [6.45, 7) is 7.62. The number of ether oxygens (including phenoxy) is 1. The van der Waals surface area contributed by atoms with E-state index in [9.17, 15) is 4.79 Å². The molecule has 0 saturated heterocycles. The van der Waals surface area contributed by atoms with Gasteiger partial charge >= 0.3 is 0 Å². The fourth-order valence-electron chi connectivity index (χ4n) is 4.53. The zero-order valence-corrected chi connectivity index (χ0v) is 20.6. The van der Waals surface area contributed by atoms with Crippen molar-refractivity contribution in [1.82, 2.24) is 14.1 Å². The Balaban J connectivity index is 1.54. The third-order valence-corrected chi connectivity index (χ3v) is 7.03. The zero-order chi connectivity index (χ0) is 23.4. The minimum atomic E-state index is 0.130. The number of para-hydroxylation sites is 2. The molecule has 2 heterocycles. The van der Waals surface area contributed by atoms with Crippen molar-refractivity contribution >= 4 is 28.6 Å². The van der Waals surface area contributed by atoms with E-state index in [0.29, 0.717) is 12.4 Å². The lowest BCUT2D eigenvalue weighted by molar-refractivity contribution is 0.102. The van der Waals surface area contributed by atoms with Crippen LogP contribution in [0.15, 0.2) is 65.8 Å². The van der Waals surface area contributed by atoms with Crippen LogP contribution in [0.5, 0.6) is 0 Å². The molecule has 2 aromatic carbocycles. The summed E-state index contributed by atoms with van der Waals surface area (Å²) in [6.07, 6.45) is 0.918. The Morgan fingerprint density at radius 1 is 1.09 bits per heavy atom. The smallest absolute Gasteiger partial charge is 0.175 e. The number of fused-ring (bicyclic) bond motifs is 1. The van der Waals surface area contributed by atoms with E-state index in [4.69, 9.17) is 9.72 Å². The number of hydrogen-bond donors (Lipinski definition) is 0. The minimum Gasteiger partial charge on any atom is -0.383 e. The van der Waals surface area contributed by atoms with Gasteiger partial charge in [0.05, 0.1) is 29.4 Å². The molecular weight excluding hydrogens is 430 g/mol. The molecule has 4 rings (SSSR count). The largest absolute Gasteiger partial charge is 0.383 e. The molecule has 0 aliphatic heterocycles. The van der Waals surface area contributed by atoms with Gasteiger partial charge in [-0.2, -0.15) is 0 Å². The van der Waals surface area contributed by atoms with Crippen LogP contribution in [0.3, 0.4) is 0 Å². The molecule has 6 heteroatoms. The first-order chi connectivity index (χ1) is 16.0. The Hall–Kier alpha value is -2.83. The van der Waals surface area contributed by atoms with Gasteiger partial charge in [-0.05, 0) is 51.0 Å². The molecule has 0 bridgehead atoms. The highest BCUT2D eigenvalue weighted by Crippen LogP contribution is 2.27. The van der Waals surface area contributed by atoms with Crippen LogP contribution in [0.4, 0.5) is 0 Å². The first kappa shape index (κ1) is 23.3. The molecule has 1 atom stereocenters. The fourth-order valence-corrected chi connectivity index (χ4v) is 5.45. The molecule has 0 saturated carbocycles. The van der Waals surface area contributed by atoms with Gasteiger partial charge in [-0.3, -0.25) is 4.79 Å². The number of thioether (sulfide) groups is 1. The van der Waals surface area contributed by atoms with E-state index in [0.717, 1.165) is 46.1 Å². The van der Waals surface area contributed by atoms with Crippen LogP contribution in [-0.2, 0) is 17.7 Å². The number of aromatic nitrogens is 3. The molecule has 0 radical (unpaired) electrons. The highest BCUT2D eigenvalue weighted by atomic mass is 32.2. The van der Waals surface area contributed by atoms with Gasteiger partial charge < -0.3 is 13.9 Å². The van der Waals surface area contributed by atoms with Crippen LogP contribution < -0.4 is 0 Å². The van der Waals surface area contributed by atoms with Gasteiger partial charge in [-0.1, -0.05) is 54.2 Å². The minimum absolute atomic E-state index is 0.130. The highest BCUT2D eigenvalue weighted by Gasteiger charge is 2.20. The molecule has 172 valence electrons. The lowest BCUT2D eigenvalue weighted by Crippen LogP contribution is -2.15. The molecule has 0 aliphatic carbocycles. The summed E-state index contributed by atoms with van der Waals surface area (Å²) < 4.78 is 9.75. The molecule has 0 aliphatic rings. The summed E-state index contributed by atoms with van der Waals surface area (Å²) in [6, 6.07) is 20.8. The fraction of sp³-hybridized carbons (Fsp3) is 0.333. The molecule has 0 spiro atoms. The molecule has 0 fully saturated rings. The van der Waals surface area contributed by atoms with E-state index in [1.165, 1.54) is 17.3 Å². The topological polar surface area (TPSA) is 49.1 Å². The molecule has 0 amide bonds. The second-order valence-corrected chi connectivity index (χ2v) is 9.38. The van der Waals surface area contributed by atoms with Crippen molar-refractivity contribution < 1.29 is 9.53 Å². The number of hydrogen-bond acceptors (Lipinski definition) is 4. The van der Waals surface area contributed by atoms with E-state index < -0.39 is 0 Å². The maximum absolute atomic E-state index is 13.2. The van der Waals surface area contributed by atoms with Crippen LogP contribution in [0.1, 0.15) is 40.3 Å². The van der Waals surface area contributed by atoms with Crippen LogP contribution in [0.25, 0.3) is 11.0 Å². The molecule has 33 heavy (non-hydrogen) atoms. The van der Waals surface area contributed by atoms with Crippen LogP contribution >= 0.6 is 11.8 Å². The Bertz CT molecular complexity index is 1240. The Morgan fingerprint density at radius 3 is 2.58 bits per heavy atom. The quantitative estimate of drug-likeness (QED) is 0.219. The van der Waals surface area contributed by atoms with E-state index in [1.807, 2.05) is 44.2 Å². The van der Waals surface area contributed by atoms with E-state index in [2.05, 4.69) is 46.4 Å². The maximum Gasteiger partial charge on any atom is 0.175 e.